The summed E-state index contributed by atoms with van der Waals surface area (Å²) in [5.74, 6) is 0.963. The maximum atomic E-state index is 6.24. The number of nitrogens with zero attached hydrogens (tertiary/aromatic N) is 3. The summed E-state index contributed by atoms with van der Waals surface area (Å²) in [6.45, 7) is 3.87. The minimum atomic E-state index is -0.00704. The third kappa shape index (κ3) is 3.57. The van der Waals surface area contributed by atoms with Crippen molar-refractivity contribution in [3.63, 3.8) is 0 Å². The first-order chi connectivity index (χ1) is 11.8. The molecular formula is C19H24N4O. The van der Waals surface area contributed by atoms with Gasteiger partial charge in [-0.15, -0.1) is 0 Å². The highest BCUT2D eigenvalue weighted by Gasteiger charge is 2.43. The van der Waals surface area contributed by atoms with Gasteiger partial charge in [0.05, 0.1) is 5.60 Å². The van der Waals surface area contributed by atoms with E-state index in [2.05, 4.69) is 26.3 Å². The predicted octanol–water partition coefficient (Wildman–Crippen LogP) is 2.71. The van der Waals surface area contributed by atoms with Crippen LogP contribution in [0.15, 0.2) is 48.9 Å². The van der Waals surface area contributed by atoms with Gasteiger partial charge in [-0.1, -0.05) is 12.1 Å². The molecule has 2 aliphatic heterocycles. The fourth-order valence-electron chi connectivity index (χ4n) is 3.90. The molecule has 0 bridgehead atoms. The molecule has 0 unspecified atom stereocenters. The van der Waals surface area contributed by atoms with Gasteiger partial charge in [-0.3, -0.25) is 9.88 Å². The van der Waals surface area contributed by atoms with Crippen LogP contribution in [0, 0.1) is 0 Å². The molecule has 4 rings (SSSR count). The highest BCUT2D eigenvalue weighted by molar-refractivity contribution is 5.34. The third-order valence-corrected chi connectivity index (χ3v) is 5.03. The fourth-order valence-corrected chi connectivity index (χ4v) is 3.90. The Hall–Kier alpha value is -1.98. The summed E-state index contributed by atoms with van der Waals surface area (Å²) in [5, 5.41) is 3.58. The summed E-state index contributed by atoms with van der Waals surface area (Å²) >= 11 is 0. The maximum absolute atomic E-state index is 6.24. The first kappa shape index (κ1) is 15.5. The lowest BCUT2D eigenvalue weighted by molar-refractivity contribution is -0.0737. The van der Waals surface area contributed by atoms with Crippen molar-refractivity contribution in [2.45, 2.75) is 37.5 Å². The Morgan fingerprint density at radius 3 is 3.08 bits per heavy atom. The van der Waals surface area contributed by atoms with Crippen LogP contribution in [0.1, 0.15) is 24.8 Å². The molecular weight excluding hydrogens is 300 g/mol. The lowest BCUT2D eigenvalue weighted by Gasteiger charge is -2.38. The van der Waals surface area contributed by atoms with Crippen molar-refractivity contribution in [2.24, 2.45) is 0 Å². The summed E-state index contributed by atoms with van der Waals surface area (Å²) in [4.78, 5) is 11.1. The van der Waals surface area contributed by atoms with Gasteiger partial charge < -0.3 is 10.1 Å². The molecule has 0 saturated carbocycles. The summed E-state index contributed by atoms with van der Waals surface area (Å²) in [7, 11) is 0. The molecule has 126 valence electrons. The number of hydrogen-bond donors (Lipinski definition) is 1. The standard InChI is InChI=1S/C19H24N4O/c1-2-9-21-18(5-1)22-17-6-11-24-19(12-17)7-10-23(15-19)14-16-4-3-8-20-13-16/h1-5,8-9,13,17H,6-7,10-12,14-15H2,(H,21,22)/t17-,19+/m0/s1. The zero-order valence-corrected chi connectivity index (χ0v) is 13.9. The summed E-state index contributed by atoms with van der Waals surface area (Å²) in [6, 6.07) is 10.6. The Morgan fingerprint density at radius 1 is 1.25 bits per heavy atom. The van der Waals surface area contributed by atoms with E-state index in [4.69, 9.17) is 4.74 Å². The molecule has 4 heterocycles. The van der Waals surface area contributed by atoms with Crippen molar-refractivity contribution in [1.82, 2.24) is 14.9 Å². The van der Waals surface area contributed by atoms with Crippen LogP contribution in [0.3, 0.4) is 0 Å². The molecule has 2 atom stereocenters. The molecule has 2 aromatic heterocycles. The van der Waals surface area contributed by atoms with Gasteiger partial charge in [0.2, 0.25) is 0 Å². The molecule has 0 amide bonds. The number of hydrogen-bond acceptors (Lipinski definition) is 5. The third-order valence-electron chi connectivity index (χ3n) is 5.03. The van der Waals surface area contributed by atoms with Crippen molar-refractivity contribution < 1.29 is 4.74 Å². The van der Waals surface area contributed by atoms with Gasteiger partial charge >= 0.3 is 0 Å². The monoisotopic (exact) mass is 324 g/mol. The van der Waals surface area contributed by atoms with Crippen LogP contribution >= 0.6 is 0 Å². The van der Waals surface area contributed by atoms with E-state index in [1.807, 2.05) is 42.9 Å². The summed E-state index contributed by atoms with van der Waals surface area (Å²) in [6.07, 6.45) is 8.82. The van der Waals surface area contributed by atoms with Gasteiger partial charge in [0.25, 0.3) is 0 Å². The van der Waals surface area contributed by atoms with E-state index in [1.54, 1.807) is 0 Å². The van der Waals surface area contributed by atoms with E-state index >= 15 is 0 Å². The number of likely N-dealkylation sites (tertiary alicyclic amines) is 1. The highest BCUT2D eigenvalue weighted by Crippen LogP contribution is 2.35. The molecule has 5 nitrogen and oxygen atoms in total. The first-order valence-electron chi connectivity index (χ1n) is 8.74. The SMILES string of the molecule is c1ccc(N[C@H]2CCO[C@]3(CCN(Cc4cccnc4)C3)C2)nc1. The summed E-state index contributed by atoms with van der Waals surface area (Å²) < 4.78 is 6.24. The van der Waals surface area contributed by atoms with Crippen LogP contribution in [-0.2, 0) is 11.3 Å². The van der Waals surface area contributed by atoms with Gasteiger partial charge in [-0.2, -0.15) is 0 Å². The Bertz CT molecular complexity index is 651. The van der Waals surface area contributed by atoms with Gasteiger partial charge in [-0.05, 0) is 43.0 Å². The van der Waals surface area contributed by atoms with Crippen LogP contribution in [0.4, 0.5) is 5.82 Å². The van der Waals surface area contributed by atoms with Crippen LogP contribution in [0.2, 0.25) is 0 Å². The molecule has 0 aliphatic carbocycles. The molecule has 2 saturated heterocycles. The van der Waals surface area contributed by atoms with E-state index in [9.17, 15) is 0 Å². The van der Waals surface area contributed by atoms with Gasteiger partial charge in [0, 0.05) is 50.9 Å². The minimum Gasteiger partial charge on any atom is -0.373 e. The van der Waals surface area contributed by atoms with Crippen molar-refractivity contribution in [3.05, 3.63) is 54.5 Å². The van der Waals surface area contributed by atoms with Crippen LogP contribution < -0.4 is 5.32 Å². The average Bonchev–Trinajstić information content (AvgIpc) is 2.98. The molecule has 24 heavy (non-hydrogen) atoms. The number of nitrogens with one attached hydrogen (secondary N) is 1. The van der Waals surface area contributed by atoms with Crippen molar-refractivity contribution in [3.8, 4) is 0 Å². The number of rotatable bonds is 4. The number of anilines is 1. The lowest BCUT2D eigenvalue weighted by atomic mass is 9.89. The largest absolute Gasteiger partial charge is 0.373 e. The Morgan fingerprint density at radius 2 is 2.25 bits per heavy atom. The number of pyridine rings is 2. The van der Waals surface area contributed by atoms with Crippen molar-refractivity contribution >= 4 is 5.82 Å². The molecule has 2 fully saturated rings. The van der Waals surface area contributed by atoms with Crippen LogP contribution in [0.5, 0.6) is 0 Å². The van der Waals surface area contributed by atoms with E-state index in [-0.39, 0.29) is 5.60 Å². The molecule has 1 N–H and O–H groups in total. The van der Waals surface area contributed by atoms with E-state index < -0.39 is 0 Å². The second kappa shape index (κ2) is 6.87. The smallest absolute Gasteiger partial charge is 0.126 e. The zero-order chi connectivity index (χ0) is 16.2. The van der Waals surface area contributed by atoms with Gasteiger partial charge in [0.1, 0.15) is 5.82 Å². The molecule has 2 aromatic rings. The Kier molecular flexibility index (Phi) is 4.45. The average molecular weight is 324 g/mol. The van der Waals surface area contributed by atoms with E-state index in [1.165, 1.54) is 5.56 Å². The quantitative estimate of drug-likeness (QED) is 0.937. The molecule has 1 spiro atoms. The number of ether oxygens (including phenoxy) is 1. The first-order valence-corrected chi connectivity index (χ1v) is 8.74. The molecule has 0 radical (unpaired) electrons. The lowest BCUT2D eigenvalue weighted by Crippen LogP contribution is -2.46. The number of aromatic nitrogens is 2. The van der Waals surface area contributed by atoms with E-state index in [0.29, 0.717) is 6.04 Å². The topological polar surface area (TPSA) is 50.3 Å². The minimum absolute atomic E-state index is 0.00704. The normalized spacial score (nSPS) is 27.4. The van der Waals surface area contributed by atoms with Gasteiger partial charge in [-0.25, -0.2) is 4.98 Å². The maximum Gasteiger partial charge on any atom is 0.126 e. The van der Waals surface area contributed by atoms with Gasteiger partial charge in [0.15, 0.2) is 0 Å². The summed E-state index contributed by atoms with van der Waals surface area (Å²) in [5.41, 5.74) is 1.26. The van der Waals surface area contributed by atoms with Crippen LogP contribution in [0.25, 0.3) is 0 Å². The second-order valence-electron chi connectivity index (χ2n) is 6.90. The predicted molar refractivity (Wildman–Crippen MR) is 93.7 cm³/mol. The zero-order valence-electron chi connectivity index (χ0n) is 13.9. The second-order valence-corrected chi connectivity index (χ2v) is 6.90. The Labute approximate surface area is 143 Å². The van der Waals surface area contributed by atoms with Crippen molar-refractivity contribution in [2.75, 3.05) is 25.0 Å². The fraction of sp³-hybridized carbons (Fsp3) is 0.474. The molecule has 2 aliphatic rings. The molecule has 5 heteroatoms. The van der Waals surface area contributed by atoms with E-state index in [0.717, 1.165) is 51.3 Å². The molecule has 0 aromatic carbocycles. The Balaban J connectivity index is 1.37. The van der Waals surface area contributed by atoms with Crippen molar-refractivity contribution in [1.29, 1.82) is 0 Å². The highest BCUT2D eigenvalue weighted by atomic mass is 16.5. The van der Waals surface area contributed by atoms with Crippen LogP contribution in [-0.4, -0.2) is 46.2 Å².